The molecule has 9 heteroatoms. The smallest absolute Gasteiger partial charge is 0.0266 e. The van der Waals surface area contributed by atoms with Gasteiger partial charge < -0.3 is 29.9 Å². The molecule has 15 aromatic rings. The van der Waals surface area contributed by atoms with E-state index in [0.717, 1.165) is 84.4 Å². The van der Waals surface area contributed by atoms with Gasteiger partial charge in [-0.25, -0.2) is 0 Å². The summed E-state index contributed by atoms with van der Waals surface area (Å²) in [6.45, 7) is 8.36. The van der Waals surface area contributed by atoms with Crippen LogP contribution in [0.5, 0.6) is 0 Å². The first-order valence-electron chi connectivity index (χ1n) is 31.0. The van der Waals surface area contributed by atoms with Crippen LogP contribution in [0.3, 0.4) is 0 Å². The summed E-state index contributed by atoms with van der Waals surface area (Å²) in [6.07, 6.45) is 9.29. The molecule has 0 N–H and O–H groups in total. The number of rotatable bonds is 9. The van der Waals surface area contributed by atoms with Crippen LogP contribution in [0.2, 0.25) is 0 Å². The van der Waals surface area contributed by atoms with Gasteiger partial charge in [0.1, 0.15) is 0 Å². The quantitative estimate of drug-likeness (QED) is 0.134. The first-order chi connectivity index (χ1) is 46.3. The van der Waals surface area contributed by atoms with Gasteiger partial charge in [-0.15, -0.1) is 215 Å². The molecule has 0 spiro atoms. The fourth-order valence-electron chi connectivity index (χ4n) is 9.91. The van der Waals surface area contributed by atoms with Gasteiger partial charge in [0.15, 0.2) is 0 Å². The zero-order chi connectivity index (χ0) is 64.8. The van der Waals surface area contributed by atoms with E-state index in [2.05, 4.69) is 184 Å². The summed E-state index contributed by atoms with van der Waals surface area (Å²) in [4.78, 5) is 26.4. The van der Waals surface area contributed by atoms with Crippen LogP contribution in [0.15, 0.2) is 340 Å². The molecule has 6 nitrogen and oxygen atoms in total. The van der Waals surface area contributed by atoms with Gasteiger partial charge in [-0.3, -0.25) is 0 Å². The van der Waals surface area contributed by atoms with Gasteiger partial charge in [-0.2, -0.15) is 0 Å². The first kappa shape index (κ1) is 74.2. The van der Waals surface area contributed by atoms with E-state index < -0.39 is 0 Å². The molecule has 6 aromatic heterocycles. The second-order valence-corrected chi connectivity index (χ2v) is 21.5. The Morgan fingerprint density at radius 2 is 0.536 bits per heavy atom. The second kappa shape index (κ2) is 40.3. The van der Waals surface area contributed by atoms with Crippen molar-refractivity contribution in [1.29, 1.82) is 0 Å². The molecule has 0 saturated heterocycles. The van der Waals surface area contributed by atoms with Crippen LogP contribution >= 0.6 is 0 Å². The molecule has 15 rings (SSSR count). The molecule has 0 bridgehead atoms. The van der Waals surface area contributed by atoms with E-state index in [1.54, 1.807) is 12.4 Å². The van der Waals surface area contributed by atoms with Crippen LogP contribution in [0.4, 0.5) is 0 Å². The SMILES string of the molecule is Cc1cccc(-c2[c-]cccc2)n1.Cc1ccccc1-c1ccc(-c2[c-]cccc2)nc1.Cc1ccccc1-c1ccc(-c2[c-]cccc2)nc1.Cc1ccccc1-c1ccnc(-c2[c-]cccc2)c1.[Ir].[Ir].[Ir].[c-]1ccccc1-c1ccccn1.[c-]1ccccc1-c1ccccn1. The third-order valence-corrected chi connectivity index (χ3v) is 14.8. The van der Waals surface area contributed by atoms with E-state index >= 15 is 0 Å². The first-order valence-corrected chi connectivity index (χ1v) is 31.0. The summed E-state index contributed by atoms with van der Waals surface area (Å²) < 4.78 is 0. The third-order valence-electron chi connectivity index (χ3n) is 14.8. The summed E-state index contributed by atoms with van der Waals surface area (Å²) in [5, 5.41) is 0. The van der Waals surface area contributed by atoms with Crippen molar-refractivity contribution in [2.45, 2.75) is 27.7 Å². The fraction of sp³-hybridized carbons (Fsp3) is 0.0455. The van der Waals surface area contributed by atoms with Crippen molar-refractivity contribution >= 4 is 0 Å². The van der Waals surface area contributed by atoms with Crippen molar-refractivity contribution in [2.24, 2.45) is 0 Å². The minimum Gasteiger partial charge on any atom is -0.305 e. The van der Waals surface area contributed by atoms with Gasteiger partial charge >= 0.3 is 0 Å². The zero-order valence-electron chi connectivity index (χ0n) is 54.0. The number of aryl methyl sites for hydroxylation is 4. The molecule has 0 aliphatic rings. The Hall–Kier alpha value is -10.2. The second-order valence-electron chi connectivity index (χ2n) is 21.5. The van der Waals surface area contributed by atoms with Crippen LogP contribution < -0.4 is 0 Å². The molecule has 6 heterocycles. The molecular formula is C88H68Ir3N6-6. The van der Waals surface area contributed by atoms with E-state index in [1.807, 2.05) is 238 Å². The molecule has 0 aliphatic heterocycles. The van der Waals surface area contributed by atoms with Crippen LogP contribution in [-0.4, -0.2) is 29.9 Å². The van der Waals surface area contributed by atoms with Crippen LogP contribution in [0, 0.1) is 64.1 Å². The summed E-state index contributed by atoms with van der Waals surface area (Å²) in [6, 6.07) is 122. The maximum absolute atomic E-state index is 4.54. The minimum absolute atomic E-state index is 0. The van der Waals surface area contributed by atoms with Gasteiger partial charge in [0, 0.05) is 97.0 Å². The molecule has 0 amide bonds. The number of benzene rings is 9. The van der Waals surface area contributed by atoms with E-state index in [1.165, 1.54) is 38.9 Å². The number of aromatic nitrogens is 6. The maximum atomic E-state index is 4.54. The Morgan fingerprint density at radius 1 is 0.227 bits per heavy atom. The van der Waals surface area contributed by atoms with Crippen LogP contribution in [0.25, 0.3) is 101 Å². The van der Waals surface area contributed by atoms with Gasteiger partial charge in [0.05, 0.1) is 0 Å². The number of nitrogens with zero attached hydrogens (tertiary/aromatic N) is 6. The Balaban J connectivity index is 0.000000165. The molecule has 3 radical (unpaired) electrons. The molecule has 0 unspecified atom stereocenters. The third kappa shape index (κ3) is 22.7. The van der Waals surface area contributed by atoms with Gasteiger partial charge in [-0.05, 0) is 136 Å². The molecule has 0 aliphatic carbocycles. The van der Waals surface area contributed by atoms with E-state index in [9.17, 15) is 0 Å². The topological polar surface area (TPSA) is 77.3 Å². The predicted molar refractivity (Wildman–Crippen MR) is 386 cm³/mol. The van der Waals surface area contributed by atoms with Gasteiger partial charge in [0.25, 0.3) is 0 Å². The van der Waals surface area contributed by atoms with E-state index in [0.29, 0.717) is 0 Å². The number of hydrogen-bond acceptors (Lipinski definition) is 6. The molecule has 0 atom stereocenters. The normalized spacial score (nSPS) is 9.81. The van der Waals surface area contributed by atoms with Crippen molar-refractivity contribution < 1.29 is 60.3 Å². The van der Waals surface area contributed by atoms with E-state index in [4.69, 9.17) is 0 Å². The minimum atomic E-state index is 0. The van der Waals surface area contributed by atoms with Gasteiger partial charge in [0.2, 0.25) is 0 Å². The summed E-state index contributed by atoms with van der Waals surface area (Å²) in [5.41, 5.74) is 24.1. The fourth-order valence-corrected chi connectivity index (χ4v) is 9.91. The predicted octanol–water partition coefficient (Wildman–Crippen LogP) is 21.5. The summed E-state index contributed by atoms with van der Waals surface area (Å²) in [7, 11) is 0. The van der Waals surface area contributed by atoms with Crippen molar-refractivity contribution in [2.75, 3.05) is 0 Å². The Morgan fingerprint density at radius 3 is 0.856 bits per heavy atom. The number of hydrogen-bond donors (Lipinski definition) is 0. The van der Waals surface area contributed by atoms with Crippen molar-refractivity contribution in [3.05, 3.63) is 399 Å². The van der Waals surface area contributed by atoms with Crippen LogP contribution in [0.1, 0.15) is 22.4 Å². The van der Waals surface area contributed by atoms with Crippen molar-refractivity contribution in [3.8, 4) is 101 Å². The Kier molecular flexibility index (Phi) is 30.8. The Bertz CT molecular complexity index is 4380. The monoisotopic (exact) mass is 1790 g/mol. The average molecular weight is 1790 g/mol. The largest absolute Gasteiger partial charge is 0.305 e. The standard InChI is InChI=1S/3C18H14N.C12H10N.2C11H8N.3Ir/c1-14-7-5-6-10-17(14)16-11-12-19-18(13-16)15-8-3-2-4-9-15;2*1-14-7-5-6-10-17(14)16-11-12-18(19-13-16)15-8-3-2-4-9-15;1-10-6-5-9-12(13-10)11-7-3-2-4-8-11;2*1-2-6-10(7-3-1)11-8-4-5-9-12-11;;;/h3*2-8,10-13H,1H3;2-7,9H,1H3;2*1-6,8-9H;;;/q6*-1;;;. The van der Waals surface area contributed by atoms with Gasteiger partial charge in [-0.1, -0.05) is 140 Å². The molecular weight excluding hydrogens is 1720 g/mol. The molecule has 0 fully saturated rings. The molecule has 9 aromatic carbocycles. The molecule has 0 saturated carbocycles. The number of pyridine rings is 6. The zero-order valence-corrected chi connectivity index (χ0v) is 61.2. The van der Waals surface area contributed by atoms with Crippen molar-refractivity contribution in [3.63, 3.8) is 0 Å². The summed E-state index contributed by atoms with van der Waals surface area (Å²) >= 11 is 0. The molecule has 483 valence electrons. The summed E-state index contributed by atoms with van der Waals surface area (Å²) in [5.74, 6) is 0. The maximum Gasteiger partial charge on any atom is 0.0266 e. The molecule has 97 heavy (non-hydrogen) atoms. The van der Waals surface area contributed by atoms with Crippen molar-refractivity contribution in [1.82, 2.24) is 29.9 Å². The average Bonchev–Trinajstić information content (AvgIpc) is 0.974. The van der Waals surface area contributed by atoms with Crippen LogP contribution in [-0.2, 0) is 60.3 Å². The van der Waals surface area contributed by atoms with E-state index in [-0.39, 0.29) is 60.3 Å². The Labute approximate surface area is 612 Å².